The molecule has 0 aliphatic heterocycles. The van der Waals surface area contributed by atoms with E-state index in [9.17, 15) is 4.39 Å². The maximum atomic E-state index is 13.9. The molecule has 0 spiro atoms. The first kappa shape index (κ1) is 13.0. The van der Waals surface area contributed by atoms with E-state index in [4.69, 9.17) is 5.73 Å². The number of benzene rings is 1. The zero-order valence-corrected chi connectivity index (χ0v) is 11.3. The van der Waals surface area contributed by atoms with Gasteiger partial charge in [-0.1, -0.05) is 26.0 Å². The normalized spacial score (nSPS) is 12.4. The quantitative estimate of drug-likeness (QED) is 0.877. The number of pyridine rings is 1. The van der Waals surface area contributed by atoms with Crippen LogP contribution < -0.4 is 5.73 Å². The molecule has 2 aromatic rings. The minimum absolute atomic E-state index is 0.245. The van der Waals surface area contributed by atoms with Gasteiger partial charge >= 0.3 is 0 Å². The maximum absolute atomic E-state index is 13.9. The van der Waals surface area contributed by atoms with E-state index in [0.29, 0.717) is 5.52 Å². The summed E-state index contributed by atoms with van der Waals surface area (Å²) in [6.45, 7) is 7.94. The molecule has 0 atom stereocenters. The minimum atomic E-state index is -0.515. The van der Waals surface area contributed by atoms with E-state index in [-0.39, 0.29) is 11.7 Å². The van der Waals surface area contributed by atoms with E-state index in [1.165, 1.54) is 6.07 Å². The molecule has 0 saturated carbocycles. The third-order valence-electron chi connectivity index (χ3n) is 3.10. The number of hydrogen-bond acceptors (Lipinski definition) is 2. The number of halogens is 1. The van der Waals surface area contributed by atoms with Gasteiger partial charge in [-0.2, -0.15) is 0 Å². The fourth-order valence-corrected chi connectivity index (χ4v) is 2.06. The van der Waals surface area contributed by atoms with Gasteiger partial charge in [-0.25, -0.2) is 9.37 Å². The summed E-state index contributed by atoms with van der Waals surface area (Å²) in [5.41, 5.74) is 7.91. The second-order valence-corrected chi connectivity index (χ2v) is 5.61. The molecular weight excluding hydrogens is 227 g/mol. The molecule has 0 amide bonds. The molecule has 2 N–H and O–H groups in total. The van der Waals surface area contributed by atoms with Crippen LogP contribution in [0.5, 0.6) is 0 Å². The molecule has 0 bridgehead atoms. The van der Waals surface area contributed by atoms with Crippen LogP contribution in [0.2, 0.25) is 0 Å². The Morgan fingerprint density at radius 3 is 2.50 bits per heavy atom. The van der Waals surface area contributed by atoms with Crippen molar-refractivity contribution in [3.8, 4) is 0 Å². The first-order chi connectivity index (χ1) is 8.30. The third-order valence-corrected chi connectivity index (χ3v) is 3.10. The fourth-order valence-electron chi connectivity index (χ4n) is 2.06. The van der Waals surface area contributed by atoms with Gasteiger partial charge in [0, 0.05) is 16.6 Å². The van der Waals surface area contributed by atoms with Crippen molar-refractivity contribution in [1.29, 1.82) is 0 Å². The van der Waals surface area contributed by atoms with Crippen LogP contribution in [0.4, 0.5) is 4.39 Å². The standard InChI is InChI=1S/C15H19FN2/c1-9(2)13-8-11(15(3,4)17)10-6-5-7-12(16)14(10)18-13/h5-9H,17H2,1-4H3. The van der Waals surface area contributed by atoms with Crippen molar-refractivity contribution in [3.05, 3.63) is 41.3 Å². The van der Waals surface area contributed by atoms with E-state index in [1.807, 2.05) is 39.8 Å². The van der Waals surface area contributed by atoms with Gasteiger partial charge in [-0.05, 0) is 37.5 Å². The maximum Gasteiger partial charge on any atom is 0.149 e. The topological polar surface area (TPSA) is 38.9 Å². The Labute approximate surface area is 107 Å². The number of para-hydroxylation sites is 1. The summed E-state index contributed by atoms with van der Waals surface area (Å²) in [5.74, 6) is -0.0457. The van der Waals surface area contributed by atoms with Crippen molar-refractivity contribution < 1.29 is 4.39 Å². The molecule has 1 heterocycles. The summed E-state index contributed by atoms with van der Waals surface area (Å²) in [6.07, 6.45) is 0. The Hall–Kier alpha value is -1.48. The molecule has 2 nitrogen and oxygen atoms in total. The van der Waals surface area contributed by atoms with Gasteiger partial charge in [0.25, 0.3) is 0 Å². The largest absolute Gasteiger partial charge is 0.322 e. The lowest BCUT2D eigenvalue weighted by Crippen LogP contribution is -2.29. The Morgan fingerprint density at radius 1 is 1.28 bits per heavy atom. The number of rotatable bonds is 2. The van der Waals surface area contributed by atoms with Crippen LogP contribution in [-0.2, 0) is 5.54 Å². The van der Waals surface area contributed by atoms with Gasteiger partial charge in [0.1, 0.15) is 11.3 Å². The lowest BCUT2D eigenvalue weighted by Gasteiger charge is -2.23. The lowest BCUT2D eigenvalue weighted by atomic mass is 9.90. The number of aromatic nitrogens is 1. The molecule has 96 valence electrons. The summed E-state index contributed by atoms with van der Waals surface area (Å²) in [6, 6.07) is 7.00. The van der Waals surface area contributed by atoms with Crippen molar-refractivity contribution in [2.75, 3.05) is 0 Å². The SMILES string of the molecule is CC(C)c1cc(C(C)(C)N)c2cccc(F)c2n1. The van der Waals surface area contributed by atoms with Crippen LogP contribution >= 0.6 is 0 Å². The first-order valence-electron chi connectivity index (χ1n) is 6.19. The molecule has 0 unspecified atom stereocenters. The summed E-state index contributed by atoms with van der Waals surface area (Å²) in [5, 5.41) is 0.798. The van der Waals surface area contributed by atoms with Crippen LogP contribution in [-0.4, -0.2) is 4.98 Å². The van der Waals surface area contributed by atoms with Crippen LogP contribution in [0.1, 0.15) is 44.9 Å². The average Bonchev–Trinajstić information content (AvgIpc) is 2.27. The Morgan fingerprint density at radius 2 is 1.94 bits per heavy atom. The second kappa shape index (κ2) is 4.32. The summed E-state index contributed by atoms with van der Waals surface area (Å²) < 4.78 is 13.9. The Balaban J connectivity index is 2.86. The fraction of sp³-hybridized carbons (Fsp3) is 0.400. The van der Waals surface area contributed by atoms with Gasteiger partial charge in [0.2, 0.25) is 0 Å². The van der Waals surface area contributed by atoms with Crippen molar-refractivity contribution in [3.63, 3.8) is 0 Å². The summed E-state index contributed by atoms with van der Waals surface area (Å²) in [7, 11) is 0. The van der Waals surface area contributed by atoms with Crippen LogP contribution in [0.15, 0.2) is 24.3 Å². The highest BCUT2D eigenvalue weighted by molar-refractivity contribution is 5.84. The summed E-state index contributed by atoms with van der Waals surface area (Å²) >= 11 is 0. The van der Waals surface area contributed by atoms with Crippen molar-refractivity contribution >= 4 is 10.9 Å². The molecule has 1 aromatic carbocycles. The van der Waals surface area contributed by atoms with Gasteiger partial charge in [0.05, 0.1) is 0 Å². The van der Waals surface area contributed by atoms with Crippen molar-refractivity contribution in [1.82, 2.24) is 4.98 Å². The van der Waals surface area contributed by atoms with E-state index >= 15 is 0 Å². The molecular formula is C15H19FN2. The predicted molar refractivity (Wildman–Crippen MR) is 73.0 cm³/mol. The first-order valence-corrected chi connectivity index (χ1v) is 6.19. The monoisotopic (exact) mass is 246 g/mol. The molecule has 3 heteroatoms. The second-order valence-electron chi connectivity index (χ2n) is 5.61. The third kappa shape index (κ3) is 2.23. The number of fused-ring (bicyclic) bond motifs is 1. The zero-order valence-electron chi connectivity index (χ0n) is 11.3. The lowest BCUT2D eigenvalue weighted by molar-refractivity contribution is 0.556. The van der Waals surface area contributed by atoms with Crippen molar-refractivity contribution in [2.24, 2.45) is 5.73 Å². The summed E-state index contributed by atoms with van der Waals surface area (Å²) in [4.78, 5) is 4.42. The van der Waals surface area contributed by atoms with Crippen LogP contribution in [0.25, 0.3) is 10.9 Å². The average molecular weight is 246 g/mol. The minimum Gasteiger partial charge on any atom is -0.322 e. The number of hydrogen-bond donors (Lipinski definition) is 1. The van der Waals surface area contributed by atoms with Crippen LogP contribution in [0, 0.1) is 5.82 Å². The molecule has 0 aliphatic carbocycles. The van der Waals surface area contributed by atoms with E-state index in [2.05, 4.69) is 4.98 Å². The molecule has 2 rings (SSSR count). The van der Waals surface area contributed by atoms with E-state index in [0.717, 1.165) is 16.6 Å². The Kier molecular flexibility index (Phi) is 3.11. The highest BCUT2D eigenvalue weighted by Crippen LogP contribution is 2.29. The van der Waals surface area contributed by atoms with E-state index < -0.39 is 5.54 Å². The molecule has 0 radical (unpaired) electrons. The zero-order chi connectivity index (χ0) is 13.5. The smallest absolute Gasteiger partial charge is 0.149 e. The molecule has 1 aromatic heterocycles. The molecule has 0 aliphatic rings. The highest BCUT2D eigenvalue weighted by atomic mass is 19.1. The van der Waals surface area contributed by atoms with Gasteiger partial charge in [-0.3, -0.25) is 0 Å². The predicted octanol–water partition coefficient (Wildman–Crippen LogP) is 3.69. The van der Waals surface area contributed by atoms with E-state index in [1.54, 1.807) is 6.07 Å². The molecule has 0 fully saturated rings. The van der Waals surface area contributed by atoms with Crippen LogP contribution in [0.3, 0.4) is 0 Å². The molecule has 18 heavy (non-hydrogen) atoms. The highest BCUT2D eigenvalue weighted by Gasteiger charge is 2.20. The number of nitrogens with zero attached hydrogens (tertiary/aromatic N) is 1. The van der Waals surface area contributed by atoms with Gasteiger partial charge in [0.15, 0.2) is 0 Å². The molecule has 0 saturated heterocycles. The van der Waals surface area contributed by atoms with Crippen molar-refractivity contribution in [2.45, 2.75) is 39.2 Å². The number of nitrogens with two attached hydrogens (primary N) is 1. The Bertz CT molecular complexity index is 583. The van der Waals surface area contributed by atoms with Gasteiger partial charge in [-0.15, -0.1) is 0 Å². The van der Waals surface area contributed by atoms with Gasteiger partial charge < -0.3 is 5.73 Å².